The van der Waals surface area contributed by atoms with Gasteiger partial charge in [0.05, 0.1) is 24.2 Å². The van der Waals surface area contributed by atoms with Crippen LogP contribution in [0.4, 0.5) is 0 Å². The lowest BCUT2D eigenvalue weighted by Gasteiger charge is -2.21. The summed E-state index contributed by atoms with van der Waals surface area (Å²) >= 11 is 0. The Hall–Kier alpha value is -1.16. The monoisotopic (exact) mass is 263 g/mol. The average molecular weight is 263 g/mol. The van der Waals surface area contributed by atoms with E-state index >= 15 is 0 Å². The summed E-state index contributed by atoms with van der Waals surface area (Å²) in [5, 5.41) is 4.56. The third-order valence-electron chi connectivity index (χ3n) is 4.06. The molecular weight excluding hydrogens is 238 g/mol. The van der Waals surface area contributed by atoms with Crippen LogP contribution in [0.2, 0.25) is 0 Å². The zero-order chi connectivity index (χ0) is 13.8. The van der Waals surface area contributed by atoms with Crippen LogP contribution in [0.25, 0.3) is 0 Å². The summed E-state index contributed by atoms with van der Waals surface area (Å²) in [6.45, 7) is 3.95. The van der Waals surface area contributed by atoms with E-state index in [0.29, 0.717) is 12.5 Å². The molecule has 1 unspecified atom stereocenters. The normalized spacial score (nSPS) is 18.7. The van der Waals surface area contributed by atoms with Crippen molar-refractivity contribution >= 4 is 5.78 Å². The summed E-state index contributed by atoms with van der Waals surface area (Å²) < 4.78 is 2.04. The van der Waals surface area contributed by atoms with Crippen molar-refractivity contribution in [3.8, 4) is 0 Å². The fourth-order valence-corrected chi connectivity index (χ4v) is 2.69. The van der Waals surface area contributed by atoms with Crippen molar-refractivity contribution in [3.63, 3.8) is 0 Å². The van der Waals surface area contributed by atoms with Gasteiger partial charge in [-0.1, -0.05) is 33.1 Å². The third kappa shape index (κ3) is 3.66. The minimum absolute atomic E-state index is 0.0869. The van der Waals surface area contributed by atoms with Gasteiger partial charge < -0.3 is 5.73 Å². The lowest BCUT2D eigenvalue weighted by molar-refractivity contribution is -0.120. The second-order valence-corrected chi connectivity index (χ2v) is 5.99. The van der Waals surface area contributed by atoms with E-state index in [1.807, 2.05) is 30.8 Å². The predicted octanol–water partition coefficient (Wildman–Crippen LogP) is 2.48. The van der Waals surface area contributed by atoms with Crippen molar-refractivity contribution < 1.29 is 4.79 Å². The fourth-order valence-electron chi connectivity index (χ4n) is 2.69. The number of aromatic nitrogens is 2. The van der Waals surface area contributed by atoms with E-state index in [2.05, 4.69) is 5.10 Å². The molecule has 1 saturated carbocycles. The molecule has 4 heteroatoms. The Morgan fingerprint density at radius 1 is 1.42 bits per heavy atom. The van der Waals surface area contributed by atoms with Crippen molar-refractivity contribution in [2.75, 3.05) is 0 Å². The van der Waals surface area contributed by atoms with Gasteiger partial charge in [-0.3, -0.25) is 9.48 Å². The van der Waals surface area contributed by atoms with E-state index in [9.17, 15) is 4.79 Å². The largest absolute Gasteiger partial charge is 0.321 e. The summed E-state index contributed by atoms with van der Waals surface area (Å²) in [4.78, 5) is 12.0. The minimum Gasteiger partial charge on any atom is -0.321 e. The maximum atomic E-state index is 12.0. The molecule has 0 amide bonds. The molecule has 1 fully saturated rings. The quantitative estimate of drug-likeness (QED) is 0.887. The van der Waals surface area contributed by atoms with Gasteiger partial charge in [-0.25, -0.2) is 0 Å². The van der Waals surface area contributed by atoms with Gasteiger partial charge in [0, 0.05) is 6.20 Å². The molecule has 19 heavy (non-hydrogen) atoms. The first-order chi connectivity index (χ1) is 9.08. The maximum Gasteiger partial charge on any atom is 0.155 e. The molecule has 1 heterocycles. The predicted molar refractivity (Wildman–Crippen MR) is 75.9 cm³/mol. The van der Waals surface area contributed by atoms with Crippen LogP contribution < -0.4 is 5.73 Å². The summed E-state index contributed by atoms with van der Waals surface area (Å²) in [5.74, 6) is 0.275. The summed E-state index contributed by atoms with van der Waals surface area (Å²) in [6, 6.07) is 2.11. The van der Waals surface area contributed by atoms with Gasteiger partial charge in [-0.05, 0) is 24.8 Å². The van der Waals surface area contributed by atoms with Gasteiger partial charge in [-0.2, -0.15) is 5.10 Å². The smallest absolute Gasteiger partial charge is 0.155 e. The van der Waals surface area contributed by atoms with Crippen LogP contribution in [0.15, 0.2) is 12.3 Å². The van der Waals surface area contributed by atoms with Crippen LogP contribution in [0.3, 0.4) is 0 Å². The molecule has 0 spiro atoms. The van der Waals surface area contributed by atoms with Gasteiger partial charge >= 0.3 is 0 Å². The molecule has 2 rings (SSSR count). The van der Waals surface area contributed by atoms with Gasteiger partial charge in [0.25, 0.3) is 0 Å². The van der Waals surface area contributed by atoms with E-state index in [4.69, 9.17) is 5.73 Å². The first-order valence-electron chi connectivity index (χ1n) is 7.40. The van der Waals surface area contributed by atoms with Crippen molar-refractivity contribution in [3.05, 3.63) is 18.0 Å². The molecule has 1 aromatic heterocycles. The highest BCUT2D eigenvalue weighted by Crippen LogP contribution is 2.27. The van der Waals surface area contributed by atoms with Crippen molar-refractivity contribution in [1.29, 1.82) is 0 Å². The number of nitrogens with two attached hydrogens (primary N) is 1. The summed E-state index contributed by atoms with van der Waals surface area (Å²) in [7, 11) is 0. The zero-order valence-corrected chi connectivity index (χ0v) is 12.0. The Bertz CT molecular complexity index is 419. The third-order valence-corrected chi connectivity index (χ3v) is 4.06. The Kier molecular flexibility index (Phi) is 4.75. The van der Waals surface area contributed by atoms with Crippen LogP contribution in [-0.2, 0) is 11.2 Å². The number of nitrogens with zero attached hydrogens (tertiary/aromatic N) is 2. The van der Waals surface area contributed by atoms with E-state index < -0.39 is 0 Å². The first kappa shape index (κ1) is 14.3. The van der Waals surface area contributed by atoms with Crippen LogP contribution in [0, 0.1) is 5.92 Å². The highest BCUT2D eigenvalue weighted by atomic mass is 16.1. The molecule has 1 aliphatic carbocycles. The molecule has 1 atom stereocenters. The van der Waals surface area contributed by atoms with Crippen LogP contribution >= 0.6 is 0 Å². The van der Waals surface area contributed by atoms with Crippen molar-refractivity contribution in [1.82, 2.24) is 9.78 Å². The molecule has 1 aromatic rings. The molecule has 1 aliphatic rings. The lowest BCUT2D eigenvalue weighted by Crippen LogP contribution is -2.36. The molecule has 0 aromatic carbocycles. The Morgan fingerprint density at radius 2 is 2.11 bits per heavy atom. The second-order valence-electron chi connectivity index (χ2n) is 5.99. The number of hydrogen-bond acceptors (Lipinski definition) is 3. The summed E-state index contributed by atoms with van der Waals surface area (Å²) in [5.41, 5.74) is 6.73. The van der Waals surface area contributed by atoms with E-state index in [1.165, 1.54) is 32.1 Å². The standard InChI is InChI=1S/C15H25N3O/c1-11(2)15(16)14(19)10-12-8-9-18(17-12)13-6-4-3-5-7-13/h8-9,11,13,15H,3-7,10,16H2,1-2H3. The number of carbonyl (C=O) groups is 1. The minimum atomic E-state index is -0.375. The number of hydrogen-bond donors (Lipinski definition) is 1. The van der Waals surface area contributed by atoms with Gasteiger partial charge in [0.1, 0.15) is 0 Å². The Balaban J connectivity index is 1.95. The number of carbonyl (C=O) groups excluding carboxylic acids is 1. The lowest BCUT2D eigenvalue weighted by atomic mass is 9.96. The average Bonchev–Trinajstić information content (AvgIpc) is 2.87. The molecule has 2 N–H and O–H groups in total. The summed E-state index contributed by atoms with van der Waals surface area (Å²) in [6.07, 6.45) is 8.71. The molecular formula is C15H25N3O. The van der Waals surface area contributed by atoms with Gasteiger partial charge in [0.15, 0.2) is 5.78 Å². The highest BCUT2D eigenvalue weighted by Gasteiger charge is 2.20. The van der Waals surface area contributed by atoms with Crippen molar-refractivity contribution in [2.45, 2.75) is 64.5 Å². The van der Waals surface area contributed by atoms with Crippen LogP contribution in [-0.4, -0.2) is 21.6 Å². The highest BCUT2D eigenvalue weighted by molar-refractivity contribution is 5.85. The van der Waals surface area contributed by atoms with Crippen molar-refractivity contribution in [2.24, 2.45) is 11.7 Å². The molecule has 0 bridgehead atoms. The number of Topliss-reactive ketones (excluding diaryl/α,β-unsaturated/α-hetero) is 1. The van der Waals surface area contributed by atoms with E-state index in [1.54, 1.807) is 0 Å². The second kappa shape index (κ2) is 6.33. The topological polar surface area (TPSA) is 60.9 Å². The Morgan fingerprint density at radius 3 is 2.74 bits per heavy atom. The Labute approximate surface area is 115 Å². The molecule has 0 radical (unpaired) electrons. The first-order valence-corrected chi connectivity index (χ1v) is 7.40. The zero-order valence-electron chi connectivity index (χ0n) is 12.0. The van der Waals surface area contributed by atoms with E-state index in [-0.39, 0.29) is 17.7 Å². The van der Waals surface area contributed by atoms with Crippen LogP contribution in [0.5, 0.6) is 0 Å². The molecule has 4 nitrogen and oxygen atoms in total. The van der Waals surface area contributed by atoms with E-state index in [0.717, 1.165) is 5.69 Å². The molecule has 0 saturated heterocycles. The van der Waals surface area contributed by atoms with Gasteiger partial charge in [0.2, 0.25) is 0 Å². The maximum absolute atomic E-state index is 12.0. The number of ketones is 1. The molecule has 106 valence electrons. The van der Waals surface area contributed by atoms with Gasteiger partial charge in [-0.15, -0.1) is 0 Å². The molecule has 0 aliphatic heterocycles. The van der Waals surface area contributed by atoms with Crippen LogP contribution in [0.1, 0.15) is 57.7 Å². The fraction of sp³-hybridized carbons (Fsp3) is 0.733. The SMILES string of the molecule is CC(C)C(N)C(=O)Cc1ccn(C2CCCCC2)n1. The number of rotatable bonds is 5.